The zero-order chi connectivity index (χ0) is 12.3. The van der Waals surface area contributed by atoms with E-state index in [-0.39, 0.29) is 11.8 Å². The largest absolute Gasteiger partial charge is 0.326 e. The molecule has 0 bridgehead atoms. The minimum Gasteiger partial charge on any atom is -0.326 e. The van der Waals surface area contributed by atoms with Gasteiger partial charge in [0.2, 0.25) is 5.91 Å². The van der Waals surface area contributed by atoms with E-state index >= 15 is 0 Å². The van der Waals surface area contributed by atoms with E-state index in [1.165, 1.54) is 0 Å². The standard InChI is InChI=1S/C12H15ClN2OS/c1-17-11-3-2-9(6-10(11)13)15-12(16)8-4-5-14-7-8/h2-3,6,8,14H,4-5,7H2,1H3,(H,15,16). The van der Waals surface area contributed by atoms with Crippen LogP contribution in [0.4, 0.5) is 5.69 Å². The van der Waals surface area contributed by atoms with Crippen LogP contribution in [0.15, 0.2) is 23.1 Å². The minimum absolute atomic E-state index is 0.0722. The van der Waals surface area contributed by atoms with E-state index in [4.69, 9.17) is 11.6 Å². The highest BCUT2D eigenvalue weighted by molar-refractivity contribution is 7.98. The molecule has 0 spiro atoms. The van der Waals surface area contributed by atoms with Gasteiger partial charge in [-0.05, 0) is 37.4 Å². The first-order chi connectivity index (χ1) is 8.20. The number of nitrogens with one attached hydrogen (secondary N) is 2. The Labute approximate surface area is 110 Å². The van der Waals surface area contributed by atoms with Gasteiger partial charge in [-0.3, -0.25) is 4.79 Å². The number of hydrogen-bond donors (Lipinski definition) is 2. The lowest BCUT2D eigenvalue weighted by atomic mass is 10.1. The monoisotopic (exact) mass is 270 g/mol. The van der Waals surface area contributed by atoms with Crippen molar-refractivity contribution in [3.05, 3.63) is 23.2 Å². The zero-order valence-corrected chi connectivity index (χ0v) is 11.2. The number of anilines is 1. The van der Waals surface area contributed by atoms with Crippen LogP contribution >= 0.6 is 23.4 Å². The molecule has 2 rings (SSSR count). The number of carbonyl (C=O) groups excluding carboxylic acids is 1. The summed E-state index contributed by atoms with van der Waals surface area (Å²) in [5.74, 6) is 0.150. The third kappa shape index (κ3) is 3.15. The second kappa shape index (κ2) is 5.76. The molecule has 1 unspecified atom stereocenters. The Morgan fingerprint density at radius 1 is 1.59 bits per heavy atom. The van der Waals surface area contributed by atoms with Crippen LogP contribution in [0.5, 0.6) is 0 Å². The molecular weight excluding hydrogens is 256 g/mol. The summed E-state index contributed by atoms with van der Waals surface area (Å²) in [7, 11) is 0. The van der Waals surface area contributed by atoms with E-state index in [0.29, 0.717) is 5.02 Å². The second-order valence-corrected chi connectivity index (χ2v) is 5.28. The molecule has 0 saturated carbocycles. The SMILES string of the molecule is CSc1ccc(NC(=O)C2CCNC2)cc1Cl. The molecule has 1 aliphatic heterocycles. The van der Waals surface area contributed by atoms with Gasteiger partial charge in [0.1, 0.15) is 0 Å². The average Bonchev–Trinajstić information content (AvgIpc) is 2.82. The van der Waals surface area contributed by atoms with Gasteiger partial charge >= 0.3 is 0 Å². The van der Waals surface area contributed by atoms with Crippen LogP contribution in [0.2, 0.25) is 5.02 Å². The summed E-state index contributed by atoms with van der Waals surface area (Å²) >= 11 is 7.68. The second-order valence-electron chi connectivity index (χ2n) is 4.03. The van der Waals surface area contributed by atoms with Gasteiger partial charge in [0, 0.05) is 17.1 Å². The van der Waals surface area contributed by atoms with E-state index in [1.54, 1.807) is 17.8 Å². The number of thioether (sulfide) groups is 1. The molecule has 3 nitrogen and oxygen atoms in total. The molecule has 1 saturated heterocycles. The first-order valence-electron chi connectivity index (χ1n) is 5.56. The molecular formula is C12H15ClN2OS. The number of halogens is 1. The summed E-state index contributed by atoms with van der Waals surface area (Å²) in [6.07, 6.45) is 2.88. The van der Waals surface area contributed by atoms with Gasteiger partial charge < -0.3 is 10.6 Å². The predicted octanol–water partition coefficient (Wildman–Crippen LogP) is 2.61. The molecule has 92 valence electrons. The van der Waals surface area contributed by atoms with E-state index in [9.17, 15) is 4.79 Å². The maximum Gasteiger partial charge on any atom is 0.228 e. The minimum atomic E-state index is 0.0722. The molecule has 17 heavy (non-hydrogen) atoms. The lowest BCUT2D eigenvalue weighted by Crippen LogP contribution is -2.24. The van der Waals surface area contributed by atoms with Gasteiger partial charge in [-0.15, -0.1) is 11.8 Å². The van der Waals surface area contributed by atoms with E-state index in [0.717, 1.165) is 30.1 Å². The fourth-order valence-electron chi connectivity index (χ4n) is 1.87. The van der Waals surface area contributed by atoms with E-state index < -0.39 is 0 Å². The highest BCUT2D eigenvalue weighted by atomic mass is 35.5. The molecule has 1 aromatic carbocycles. The Kier molecular flexibility index (Phi) is 4.31. The third-order valence-corrected chi connectivity index (χ3v) is 4.07. The van der Waals surface area contributed by atoms with E-state index in [1.807, 2.05) is 18.4 Å². The van der Waals surface area contributed by atoms with Gasteiger partial charge in [0.25, 0.3) is 0 Å². The summed E-state index contributed by atoms with van der Waals surface area (Å²) in [5.41, 5.74) is 0.768. The summed E-state index contributed by atoms with van der Waals surface area (Å²) in [4.78, 5) is 12.9. The van der Waals surface area contributed by atoms with Crippen molar-refractivity contribution in [2.24, 2.45) is 5.92 Å². The average molecular weight is 271 g/mol. The van der Waals surface area contributed by atoms with Crippen molar-refractivity contribution in [2.45, 2.75) is 11.3 Å². The van der Waals surface area contributed by atoms with Crippen LogP contribution in [0, 0.1) is 5.92 Å². The van der Waals surface area contributed by atoms with Gasteiger partial charge in [-0.2, -0.15) is 0 Å². The predicted molar refractivity (Wildman–Crippen MR) is 72.8 cm³/mol. The van der Waals surface area contributed by atoms with Gasteiger partial charge in [-0.25, -0.2) is 0 Å². The molecule has 1 aromatic rings. The van der Waals surface area contributed by atoms with Crippen molar-refractivity contribution >= 4 is 35.0 Å². The highest BCUT2D eigenvalue weighted by Crippen LogP contribution is 2.28. The van der Waals surface area contributed by atoms with Crippen molar-refractivity contribution in [2.75, 3.05) is 24.7 Å². The number of rotatable bonds is 3. The molecule has 1 fully saturated rings. The zero-order valence-electron chi connectivity index (χ0n) is 9.63. The van der Waals surface area contributed by atoms with Crippen LogP contribution < -0.4 is 10.6 Å². The molecule has 1 heterocycles. The molecule has 0 aromatic heterocycles. The lowest BCUT2D eigenvalue weighted by Gasteiger charge is -2.11. The molecule has 1 aliphatic rings. The fourth-order valence-corrected chi connectivity index (χ4v) is 2.74. The van der Waals surface area contributed by atoms with Crippen LogP contribution in [0.1, 0.15) is 6.42 Å². The van der Waals surface area contributed by atoms with E-state index in [2.05, 4.69) is 10.6 Å². The maximum atomic E-state index is 11.9. The Balaban J connectivity index is 2.03. The summed E-state index contributed by atoms with van der Waals surface area (Å²) < 4.78 is 0. The first-order valence-corrected chi connectivity index (χ1v) is 7.16. The van der Waals surface area contributed by atoms with Crippen LogP contribution in [0.3, 0.4) is 0 Å². The van der Waals surface area contributed by atoms with Crippen LogP contribution in [0.25, 0.3) is 0 Å². The van der Waals surface area contributed by atoms with Crippen molar-refractivity contribution in [1.82, 2.24) is 5.32 Å². The van der Waals surface area contributed by atoms with Crippen molar-refractivity contribution in [3.8, 4) is 0 Å². The highest BCUT2D eigenvalue weighted by Gasteiger charge is 2.22. The van der Waals surface area contributed by atoms with Crippen molar-refractivity contribution < 1.29 is 4.79 Å². The van der Waals surface area contributed by atoms with Crippen LogP contribution in [-0.4, -0.2) is 25.3 Å². The number of carbonyl (C=O) groups is 1. The molecule has 0 aliphatic carbocycles. The van der Waals surface area contributed by atoms with Gasteiger partial charge in [0.05, 0.1) is 10.9 Å². The van der Waals surface area contributed by atoms with Crippen LogP contribution in [-0.2, 0) is 4.79 Å². The third-order valence-electron chi connectivity index (χ3n) is 2.85. The molecule has 1 atom stereocenters. The molecule has 0 radical (unpaired) electrons. The summed E-state index contributed by atoms with van der Waals surface area (Å²) in [5, 5.41) is 6.76. The summed E-state index contributed by atoms with van der Waals surface area (Å²) in [6.45, 7) is 1.69. The van der Waals surface area contributed by atoms with Crippen molar-refractivity contribution in [1.29, 1.82) is 0 Å². The summed E-state index contributed by atoms with van der Waals surface area (Å²) in [6, 6.07) is 5.61. The Bertz CT molecular complexity index is 419. The van der Waals surface area contributed by atoms with Crippen molar-refractivity contribution in [3.63, 3.8) is 0 Å². The number of amides is 1. The normalized spacial score (nSPS) is 19.3. The smallest absolute Gasteiger partial charge is 0.228 e. The Morgan fingerprint density at radius 2 is 2.41 bits per heavy atom. The maximum absolute atomic E-state index is 11.9. The van der Waals surface area contributed by atoms with Gasteiger partial charge in [-0.1, -0.05) is 11.6 Å². The number of hydrogen-bond acceptors (Lipinski definition) is 3. The topological polar surface area (TPSA) is 41.1 Å². The first kappa shape index (κ1) is 12.7. The van der Waals surface area contributed by atoms with Gasteiger partial charge in [0.15, 0.2) is 0 Å². The lowest BCUT2D eigenvalue weighted by molar-refractivity contribution is -0.119. The Morgan fingerprint density at radius 3 is 3.00 bits per heavy atom. The molecule has 1 amide bonds. The molecule has 5 heteroatoms. The molecule has 2 N–H and O–H groups in total. The number of benzene rings is 1. The Hall–Kier alpha value is -0.710. The fraction of sp³-hybridized carbons (Fsp3) is 0.417. The quantitative estimate of drug-likeness (QED) is 0.830.